The van der Waals surface area contributed by atoms with E-state index in [4.69, 9.17) is 0 Å². The Bertz CT molecular complexity index is 376. The molecular weight excluding hydrogens is 249 g/mol. The number of amides is 1. The van der Waals surface area contributed by atoms with Gasteiger partial charge < -0.3 is 5.32 Å². The maximum atomic E-state index is 13.3. The Balaban J connectivity index is 2.17. The molecular formula is C10H9BrFNO. The third-order valence-electron chi connectivity index (χ3n) is 2.09. The van der Waals surface area contributed by atoms with E-state index < -0.39 is 5.82 Å². The van der Waals surface area contributed by atoms with Crippen molar-refractivity contribution < 1.29 is 9.18 Å². The van der Waals surface area contributed by atoms with Crippen molar-refractivity contribution in [2.75, 3.05) is 0 Å². The minimum absolute atomic E-state index is 0.111. The molecule has 4 heteroatoms. The molecule has 0 bridgehead atoms. The lowest BCUT2D eigenvalue weighted by Crippen LogP contribution is -2.26. The van der Waals surface area contributed by atoms with Gasteiger partial charge in [0.1, 0.15) is 5.82 Å². The van der Waals surface area contributed by atoms with Crippen LogP contribution in [-0.4, -0.2) is 11.9 Å². The van der Waals surface area contributed by atoms with Crippen molar-refractivity contribution in [2.45, 2.75) is 18.9 Å². The molecule has 1 fully saturated rings. The summed E-state index contributed by atoms with van der Waals surface area (Å²) in [5.41, 5.74) is 0.111. The molecule has 74 valence electrons. The minimum atomic E-state index is -0.488. The van der Waals surface area contributed by atoms with Crippen LogP contribution in [0.1, 0.15) is 23.2 Å². The van der Waals surface area contributed by atoms with Crippen LogP contribution in [0.15, 0.2) is 22.7 Å². The molecule has 0 unspecified atom stereocenters. The van der Waals surface area contributed by atoms with Crippen molar-refractivity contribution in [2.24, 2.45) is 0 Å². The van der Waals surface area contributed by atoms with Gasteiger partial charge in [0.2, 0.25) is 0 Å². The fourth-order valence-corrected chi connectivity index (χ4v) is 1.50. The van der Waals surface area contributed by atoms with Gasteiger partial charge in [0.15, 0.2) is 0 Å². The van der Waals surface area contributed by atoms with Gasteiger partial charge >= 0.3 is 0 Å². The van der Waals surface area contributed by atoms with E-state index >= 15 is 0 Å². The molecule has 1 aliphatic carbocycles. The third kappa shape index (κ3) is 2.12. The smallest absolute Gasteiger partial charge is 0.254 e. The molecule has 0 atom stereocenters. The van der Waals surface area contributed by atoms with Crippen LogP contribution >= 0.6 is 15.9 Å². The first-order valence-electron chi connectivity index (χ1n) is 4.43. The highest BCUT2D eigenvalue weighted by molar-refractivity contribution is 9.10. The highest BCUT2D eigenvalue weighted by Gasteiger charge is 2.24. The van der Waals surface area contributed by atoms with Gasteiger partial charge in [0, 0.05) is 10.5 Å². The van der Waals surface area contributed by atoms with Crippen molar-refractivity contribution in [3.8, 4) is 0 Å². The highest BCUT2D eigenvalue weighted by Crippen LogP contribution is 2.20. The number of carbonyl (C=O) groups is 1. The number of rotatable bonds is 2. The molecule has 0 spiro atoms. The Morgan fingerprint density at radius 2 is 2.21 bits per heavy atom. The number of benzene rings is 1. The van der Waals surface area contributed by atoms with Crippen LogP contribution in [0.4, 0.5) is 4.39 Å². The van der Waals surface area contributed by atoms with E-state index in [9.17, 15) is 9.18 Å². The molecule has 2 nitrogen and oxygen atoms in total. The molecule has 1 aliphatic rings. The molecule has 1 N–H and O–H groups in total. The standard InChI is InChI=1S/C10H9BrFNO/c11-6-1-4-8(9(12)5-6)10(14)13-7-2-3-7/h1,4-5,7H,2-3H2,(H,13,14). The van der Waals surface area contributed by atoms with E-state index in [1.807, 2.05) is 0 Å². The SMILES string of the molecule is O=C(NC1CC1)c1ccc(Br)cc1F. The van der Waals surface area contributed by atoms with E-state index in [1.54, 1.807) is 6.07 Å². The van der Waals surface area contributed by atoms with Gasteiger partial charge in [-0.15, -0.1) is 0 Å². The normalized spacial score (nSPS) is 15.3. The number of hydrogen-bond donors (Lipinski definition) is 1. The summed E-state index contributed by atoms with van der Waals surface area (Å²) in [5.74, 6) is -0.810. The summed E-state index contributed by atoms with van der Waals surface area (Å²) in [5, 5.41) is 2.74. The van der Waals surface area contributed by atoms with E-state index in [2.05, 4.69) is 21.2 Å². The second-order valence-corrected chi connectivity index (χ2v) is 4.29. The molecule has 2 rings (SSSR count). The lowest BCUT2D eigenvalue weighted by atomic mass is 10.2. The Morgan fingerprint density at radius 3 is 2.79 bits per heavy atom. The molecule has 14 heavy (non-hydrogen) atoms. The Morgan fingerprint density at radius 1 is 1.50 bits per heavy atom. The molecule has 0 aliphatic heterocycles. The number of halogens is 2. The fourth-order valence-electron chi connectivity index (χ4n) is 1.16. The Kier molecular flexibility index (Phi) is 2.54. The molecule has 1 saturated carbocycles. The third-order valence-corrected chi connectivity index (χ3v) is 2.58. The summed E-state index contributed by atoms with van der Waals surface area (Å²) in [7, 11) is 0. The van der Waals surface area contributed by atoms with Crippen LogP contribution < -0.4 is 5.32 Å². The molecule has 0 heterocycles. The van der Waals surface area contributed by atoms with Crippen LogP contribution in [0.2, 0.25) is 0 Å². The van der Waals surface area contributed by atoms with Crippen LogP contribution in [-0.2, 0) is 0 Å². The zero-order valence-electron chi connectivity index (χ0n) is 7.39. The van der Waals surface area contributed by atoms with Crippen LogP contribution in [0.25, 0.3) is 0 Å². The first kappa shape index (κ1) is 9.65. The van der Waals surface area contributed by atoms with Crippen molar-refractivity contribution in [3.63, 3.8) is 0 Å². The van der Waals surface area contributed by atoms with E-state index in [0.717, 1.165) is 12.8 Å². The average molecular weight is 258 g/mol. The maximum absolute atomic E-state index is 13.3. The number of carbonyl (C=O) groups excluding carboxylic acids is 1. The largest absolute Gasteiger partial charge is 0.349 e. The molecule has 0 radical (unpaired) electrons. The number of nitrogens with one attached hydrogen (secondary N) is 1. The summed E-state index contributed by atoms with van der Waals surface area (Å²) in [6.45, 7) is 0. The summed E-state index contributed by atoms with van der Waals surface area (Å²) in [4.78, 5) is 11.5. The predicted octanol–water partition coefficient (Wildman–Crippen LogP) is 2.48. The molecule has 0 saturated heterocycles. The van der Waals surface area contributed by atoms with Gasteiger partial charge in [-0.1, -0.05) is 15.9 Å². The molecule has 1 aromatic carbocycles. The van der Waals surface area contributed by atoms with Crippen molar-refractivity contribution in [3.05, 3.63) is 34.1 Å². The summed E-state index contributed by atoms with van der Waals surface area (Å²) < 4.78 is 13.9. The van der Waals surface area contributed by atoms with Crippen molar-refractivity contribution in [1.29, 1.82) is 0 Å². The second kappa shape index (κ2) is 3.69. The molecule has 0 aromatic heterocycles. The highest BCUT2D eigenvalue weighted by atomic mass is 79.9. The van der Waals surface area contributed by atoms with Gasteiger partial charge in [0.25, 0.3) is 5.91 Å². The second-order valence-electron chi connectivity index (χ2n) is 3.37. The summed E-state index contributed by atoms with van der Waals surface area (Å²) >= 11 is 3.14. The zero-order chi connectivity index (χ0) is 10.1. The average Bonchev–Trinajstić information content (AvgIpc) is 2.87. The fraction of sp³-hybridized carbons (Fsp3) is 0.300. The van der Waals surface area contributed by atoms with Gasteiger partial charge in [0.05, 0.1) is 5.56 Å². The predicted molar refractivity (Wildman–Crippen MR) is 54.6 cm³/mol. The quantitative estimate of drug-likeness (QED) is 0.867. The lowest BCUT2D eigenvalue weighted by molar-refractivity contribution is 0.0947. The van der Waals surface area contributed by atoms with Crippen LogP contribution in [0.5, 0.6) is 0 Å². The molecule has 1 aromatic rings. The van der Waals surface area contributed by atoms with E-state index in [-0.39, 0.29) is 17.5 Å². The monoisotopic (exact) mass is 257 g/mol. The zero-order valence-corrected chi connectivity index (χ0v) is 8.97. The number of hydrogen-bond acceptors (Lipinski definition) is 1. The minimum Gasteiger partial charge on any atom is -0.349 e. The first-order valence-corrected chi connectivity index (χ1v) is 5.22. The topological polar surface area (TPSA) is 29.1 Å². The van der Waals surface area contributed by atoms with Gasteiger partial charge in [-0.3, -0.25) is 4.79 Å². The van der Waals surface area contributed by atoms with Crippen LogP contribution in [0, 0.1) is 5.82 Å². The summed E-state index contributed by atoms with van der Waals surface area (Å²) in [6.07, 6.45) is 2.01. The van der Waals surface area contributed by atoms with Crippen LogP contribution in [0.3, 0.4) is 0 Å². The van der Waals surface area contributed by atoms with Gasteiger partial charge in [-0.2, -0.15) is 0 Å². The first-order chi connectivity index (χ1) is 6.66. The lowest BCUT2D eigenvalue weighted by Gasteiger charge is -2.04. The van der Waals surface area contributed by atoms with Crippen molar-refractivity contribution >= 4 is 21.8 Å². The van der Waals surface area contributed by atoms with E-state index in [1.165, 1.54) is 12.1 Å². The maximum Gasteiger partial charge on any atom is 0.254 e. The van der Waals surface area contributed by atoms with Gasteiger partial charge in [-0.05, 0) is 31.0 Å². The Labute approximate surface area is 89.6 Å². The van der Waals surface area contributed by atoms with E-state index in [0.29, 0.717) is 4.47 Å². The summed E-state index contributed by atoms with van der Waals surface area (Å²) in [6, 6.07) is 4.69. The van der Waals surface area contributed by atoms with Gasteiger partial charge in [-0.25, -0.2) is 4.39 Å². The molecule has 1 amide bonds. The Hall–Kier alpha value is -0.900. The van der Waals surface area contributed by atoms with Crippen molar-refractivity contribution in [1.82, 2.24) is 5.32 Å².